The van der Waals surface area contributed by atoms with Crippen molar-refractivity contribution in [3.05, 3.63) is 48.0 Å². The molecular weight excluding hydrogens is 472 g/mol. The first-order chi connectivity index (χ1) is 17.0. The minimum absolute atomic E-state index is 0.0472. The number of imidazole rings is 1. The molecule has 0 saturated carbocycles. The van der Waals surface area contributed by atoms with E-state index in [1.54, 1.807) is 26.0 Å². The van der Waals surface area contributed by atoms with Gasteiger partial charge in [0.1, 0.15) is 23.9 Å². The molecule has 1 heterocycles. The number of nitrogens with two attached hydrogens (primary N) is 1. The number of rotatable bonds is 13. The Kier molecular flexibility index (Phi) is 10.4. The maximum Gasteiger partial charge on any atom is 0.326 e. The number of H-pyrrole nitrogens is 1. The number of aromatic nitrogens is 2. The number of aromatic hydroxyl groups is 1. The molecule has 1 aromatic heterocycles. The number of amides is 3. The van der Waals surface area contributed by atoms with Gasteiger partial charge in [-0.3, -0.25) is 14.4 Å². The van der Waals surface area contributed by atoms with Crippen LogP contribution in [0.5, 0.6) is 5.75 Å². The molecule has 4 atom stereocenters. The third-order valence-corrected chi connectivity index (χ3v) is 5.39. The molecule has 0 spiro atoms. The number of aliphatic hydroxyl groups is 1. The lowest BCUT2D eigenvalue weighted by molar-refractivity contribution is -0.143. The highest BCUT2D eigenvalue weighted by molar-refractivity contribution is 5.94. The summed E-state index contributed by atoms with van der Waals surface area (Å²) in [6.45, 7) is 2.48. The molecule has 13 heteroatoms. The fourth-order valence-corrected chi connectivity index (χ4v) is 3.32. The van der Waals surface area contributed by atoms with E-state index in [4.69, 9.17) is 5.73 Å². The standard InChI is InChI=1S/C23H32N6O7/c1-12(2)19(23(35)36)29-21(33)17(8-14-9-25-11-26-14)27-22(34)18(10-30)28-20(32)16(24)7-13-3-5-15(31)6-4-13/h3-6,9,11-12,16-19,30-31H,7-8,10,24H2,1-2H3,(H,25,26)(H,27,34)(H,28,32)(H,29,33)(H,35,36). The smallest absolute Gasteiger partial charge is 0.326 e. The highest BCUT2D eigenvalue weighted by atomic mass is 16.4. The predicted octanol–water partition coefficient (Wildman–Crippen LogP) is -1.58. The zero-order valence-electron chi connectivity index (χ0n) is 20.0. The predicted molar refractivity (Wildman–Crippen MR) is 127 cm³/mol. The summed E-state index contributed by atoms with van der Waals surface area (Å²) in [5.41, 5.74) is 7.09. The van der Waals surface area contributed by atoms with Crippen LogP contribution in [-0.2, 0) is 32.0 Å². The Bertz CT molecular complexity index is 1030. The normalized spacial score (nSPS) is 14.4. The van der Waals surface area contributed by atoms with Crippen molar-refractivity contribution < 1.29 is 34.5 Å². The van der Waals surface area contributed by atoms with Crippen LogP contribution in [0.15, 0.2) is 36.8 Å². The number of benzene rings is 1. The maximum atomic E-state index is 12.9. The lowest BCUT2D eigenvalue weighted by Crippen LogP contribution is -2.59. The Morgan fingerprint density at radius 2 is 1.58 bits per heavy atom. The van der Waals surface area contributed by atoms with Gasteiger partial charge in [0.15, 0.2) is 0 Å². The van der Waals surface area contributed by atoms with E-state index in [2.05, 4.69) is 25.9 Å². The minimum atomic E-state index is -1.42. The van der Waals surface area contributed by atoms with Crippen molar-refractivity contribution in [2.75, 3.05) is 6.61 Å². The highest BCUT2D eigenvalue weighted by Crippen LogP contribution is 2.11. The highest BCUT2D eigenvalue weighted by Gasteiger charge is 2.31. The van der Waals surface area contributed by atoms with Crippen LogP contribution < -0.4 is 21.7 Å². The number of hydrogen-bond donors (Lipinski definition) is 8. The summed E-state index contributed by atoms with van der Waals surface area (Å²) >= 11 is 0. The molecule has 2 aromatic rings. The number of carbonyl (C=O) groups excluding carboxylic acids is 3. The summed E-state index contributed by atoms with van der Waals surface area (Å²) in [6, 6.07) is 1.20. The number of carboxylic acids is 1. The van der Waals surface area contributed by atoms with Gasteiger partial charge in [0.2, 0.25) is 17.7 Å². The van der Waals surface area contributed by atoms with Crippen molar-refractivity contribution in [1.29, 1.82) is 0 Å². The van der Waals surface area contributed by atoms with E-state index in [1.165, 1.54) is 24.7 Å². The van der Waals surface area contributed by atoms with Crippen LogP contribution in [0, 0.1) is 5.92 Å². The molecule has 196 valence electrons. The van der Waals surface area contributed by atoms with Crippen molar-refractivity contribution in [2.45, 2.75) is 50.9 Å². The number of aliphatic carboxylic acids is 1. The van der Waals surface area contributed by atoms with Gasteiger partial charge in [0.05, 0.1) is 19.0 Å². The molecule has 36 heavy (non-hydrogen) atoms. The molecule has 0 aliphatic heterocycles. The van der Waals surface area contributed by atoms with Crippen LogP contribution in [0.3, 0.4) is 0 Å². The van der Waals surface area contributed by atoms with E-state index in [0.29, 0.717) is 11.3 Å². The van der Waals surface area contributed by atoms with Crippen LogP contribution in [0.25, 0.3) is 0 Å². The van der Waals surface area contributed by atoms with Crippen LogP contribution in [-0.4, -0.2) is 79.8 Å². The van der Waals surface area contributed by atoms with Gasteiger partial charge in [-0.1, -0.05) is 26.0 Å². The van der Waals surface area contributed by atoms with Crippen molar-refractivity contribution in [3.63, 3.8) is 0 Å². The molecule has 1 aromatic carbocycles. The van der Waals surface area contributed by atoms with E-state index in [1.807, 2.05) is 0 Å². The number of aliphatic hydroxyl groups excluding tert-OH is 1. The summed E-state index contributed by atoms with van der Waals surface area (Å²) in [4.78, 5) is 56.4. The lowest BCUT2D eigenvalue weighted by Gasteiger charge is -2.25. The first-order valence-electron chi connectivity index (χ1n) is 11.3. The molecule has 0 bridgehead atoms. The third-order valence-electron chi connectivity index (χ3n) is 5.39. The average Bonchev–Trinajstić information content (AvgIpc) is 3.34. The fraction of sp³-hybridized carbons (Fsp3) is 0.435. The number of aromatic amines is 1. The molecule has 0 radical (unpaired) electrons. The Morgan fingerprint density at radius 3 is 2.11 bits per heavy atom. The van der Waals surface area contributed by atoms with E-state index in [9.17, 15) is 34.5 Å². The fourth-order valence-electron chi connectivity index (χ4n) is 3.32. The zero-order chi connectivity index (χ0) is 26.8. The summed E-state index contributed by atoms with van der Waals surface area (Å²) in [6.07, 6.45) is 2.89. The van der Waals surface area contributed by atoms with Crippen LogP contribution >= 0.6 is 0 Å². The van der Waals surface area contributed by atoms with Gasteiger partial charge in [-0.05, 0) is 30.0 Å². The molecule has 13 nitrogen and oxygen atoms in total. The SMILES string of the molecule is CC(C)C(NC(=O)C(Cc1cnc[nH]1)NC(=O)C(CO)NC(=O)C(N)Cc1ccc(O)cc1)C(=O)O. The van der Waals surface area contributed by atoms with Crippen LogP contribution in [0.2, 0.25) is 0 Å². The summed E-state index contributed by atoms with van der Waals surface area (Å²) < 4.78 is 0. The molecule has 3 amide bonds. The van der Waals surface area contributed by atoms with Crippen molar-refractivity contribution >= 4 is 23.7 Å². The number of carbonyl (C=O) groups is 4. The number of phenols is 1. The van der Waals surface area contributed by atoms with Gasteiger partial charge in [0, 0.05) is 18.3 Å². The lowest BCUT2D eigenvalue weighted by atomic mass is 10.0. The molecule has 9 N–H and O–H groups in total. The second-order valence-electron chi connectivity index (χ2n) is 8.63. The van der Waals surface area contributed by atoms with Gasteiger partial charge in [-0.15, -0.1) is 0 Å². The number of carboxylic acid groups (broad SMARTS) is 1. The van der Waals surface area contributed by atoms with E-state index in [0.717, 1.165) is 0 Å². The maximum absolute atomic E-state index is 12.9. The Morgan fingerprint density at radius 1 is 0.972 bits per heavy atom. The van der Waals surface area contributed by atoms with E-state index in [-0.39, 0.29) is 18.6 Å². The molecular formula is C23H32N6O7. The quantitative estimate of drug-likeness (QED) is 0.157. The van der Waals surface area contributed by atoms with E-state index < -0.39 is 60.4 Å². The third kappa shape index (κ3) is 8.36. The van der Waals surface area contributed by atoms with Gasteiger partial charge in [0.25, 0.3) is 0 Å². The molecule has 0 aliphatic carbocycles. The number of hydrogen-bond acceptors (Lipinski definition) is 8. The zero-order valence-corrected chi connectivity index (χ0v) is 20.0. The van der Waals surface area contributed by atoms with E-state index >= 15 is 0 Å². The minimum Gasteiger partial charge on any atom is -0.508 e. The number of nitrogens with one attached hydrogen (secondary N) is 4. The van der Waals surface area contributed by atoms with Crippen LogP contribution in [0.4, 0.5) is 0 Å². The largest absolute Gasteiger partial charge is 0.508 e. The second kappa shape index (κ2) is 13.2. The van der Waals surface area contributed by atoms with Gasteiger partial charge < -0.3 is 42.0 Å². The monoisotopic (exact) mass is 504 g/mol. The first kappa shape index (κ1) is 28.3. The van der Waals surface area contributed by atoms with Gasteiger partial charge >= 0.3 is 5.97 Å². The number of phenolic OH excluding ortho intramolecular Hbond substituents is 1. The Balaban J connectivity index is 2.08. The molecule has 4 unspecified atom stereocenters. The molecule has 0 saturated heterocycles. The Labute approximate surface area is 207 Å². The Hall–Kier alpha value is -3.97. The average molecular weight is 505 g/mol. The van der Waals surface area contributed by atoms with Crippen molar-refractivity contribution in [3.8, 4) is 5.75 Å². The molecule has 2 rings (SSSR count). The second-order valence-corrected chi connectivity index (χ2v) is 8.63. The number of nitrogens with zero attached hydrogens (tertiary/aromatic N) is 1. The summed E-state index contributed by atoms with van der Waals surface area (Å²) in [7, 11) is 0. The first-order valence-corrected chi connectivity index (χ1v) is 11.3. The summed E-state index contributed by atoms with van der Waals surface area (Å²) in [5.74, 6) is -3.92. The van der Waals surface area contributed by atoms with Crippen molar-refractivity contribution in [2.24, 2.45) is 11.7 Å². The van der Waals surface area contributed by atoms with Crippen molar-refractivity contribution in [1.82, 2.24) is 25.9 Å². The topological polar surface area (TPSA) is 220 Å². The van der Waals surface area contributed by atoms with Gasteiger partial charge in [-0.2, -0.15) is 0 Å². The summed E-state index contributed by atoms with van der Waals surface area (Å²) in [5, 5.41) is 35.7. The molecule has 0 aliphatic rings. The molecule has 0 fully saturated rings. The van der Waals surface area contributed by atoms with Gasteiger partial charge in [-0.25, -0.2) is 9.78 Å². The van der Waals surface area contributed by atoms with Crippen LogP contribution in [0.1, 0.15) is 25.1 Å².